The number of hydrogen-bond acceptors (Lipinski definition) is 5. The first-order chi connectivity index (χ1) is 14.7. The molecule has 2 amide bonds. The van der Waals surface area contributed by atoms with Gasteiger partial charge in [0, 0.05) is 6.07 Å². The van der Waals surface area contributed by atoms with E-state index >= 15 is 0 Å². The summed E-state index contributed by atoms with van der Waals surface area (Å²) in [5.41, 5.74) is 2.23. The van der Waals surface area contributed by atoms with E-state index in [-0.39, 0.29) is 25.0 Å². The molecule has 3 aromatic rings. The SMILES string of the molecule is N#Cc1ccc(OCc2ccccc2)c(OCCN2C(=O)c3ccccc3C2=O)c1. The van der Waals surface area contributed by atoms with Crippen molar-refractivity contribution in [1.82, 2.24) is 4.90 Å². The van der Waals surface area contributed by atoms with E-state index in [1.165, 1.54) is 4.90 Å². The van der Waals surface area contributed by atoms with Crippen LogP contribution in [0.15, 0.2) is 72.8 Å². The fourth-order valence-corrected chi connectivity index (χ4v) is 3.23. The van der Waals surface area contributed by atoms with Crippen LogP contribution in [-0.2, 0) is 6.61 Å². The highest BCUT2D eigenvalue weighted by atomic mass is 16.5. The molecule has 0 aliphatic carbocycles. The number of imide groups is 1. The van der Waals surface area contributed by atoms with Gasteiger partial charge in [0.15, 0.2) is 11.5 Å². The van der Waals surface area contributed by atoms with Crippen molar-refractivity contribution in [2.24, 2.45) is 0 Å². The molecule has 0 aromatic heterocycles. The van der Waals surface area contributed by atoms with Crippen LogP contribution in [0.4, 0.5) is 0 Å². The number of carbonyl (C=O) groups is 2. The molecule has 4 rings (SSSR count). The molecule has 0 unspecified atom stereocenters. The Morgan fingerprint density at radius 1 is 0.800 bits per heavy atom. The van der Waals surface area contributed by atoms with Crippen LogP contribution >= 0.6 is 0 Å². The first-order valence-electron chi connectivity index (χ1n) is 9.46. The van der Waals surface area contributed by atoms with Crippen molar-refractivity contribution < 1.29 is 19.1 Å². The van der Waals surface area contributed by atoms with Crippen molar-refractivity contribution in [3.63, 3.8) is 0 Å². The van der Waals surface area contributed by atoms with E-state index in [0.29, 0.717) is 34.8 Å². The van der Waals surface area contributed by atoms with Gasteiger partial charge in [0.25, 0.3) is 11.8 Å². The van der Waals surface area contributed by atoms with E-state index in [9.17, 15) is 14.9 Å². The summed E-state index contributed by atoms with van der Waals surface area (Å²) in [7, 11) is 0. The van der Waals surface area contributed by atoms with Gasteiger partial charge in [-0.15, -0.1) is 0 Å². The van der Waals surface area contributed by atoms with Crippen molar-refractivity contribution in [3.05, 3.63) is 95.1 Å². The van der Waals surface area contributed by atoms with Crippen LogP contribution in [0.1, 0.15) is 31.8 Å². The molecule has 148 valence electrons. The highest BCUT2D eigenvalue weighted by Gasteiger charge is 2.34. The van der Waals surface area contributed by atoms with E-state index in [2.05, 4.69) is 6.07 Å². The van der Waals surface area contributed by atoms with Gasteiger partial charge in [-0.05, 0) is 29.8 Å². The van der Waals surface area contributed by atoms with Gasteiger partial charge in [0.05, 0.1) is 29.3 Å². The maximum absolute atomic E-state index is 12.5. The maximum atomic E-state index is 12.5. The number of benzene rings is 3. The van der Waals surface area contributed by atoms with Gasteiger partial charge in [-0.25, -0.2) is 0 Å². The molecule has 0 fully saturated rings. The Morgan fingerprint density at radius 3 is 2.13 bits per heavy atom. The van der Waals surface area contributed by atoms with Crippen LogP contribution in [0.2, 0.25) is 0 Å². The molecule has 0 saturated heterocycles. The monoisotopic (exact) mass is 398 g/mol. The van der Waals surface area contributed by atoms with Crippen LogP contribution in [0, 0.1) is 11.3 Å². The number of nitrogens with zero attached hydrogens (tertiary/aromatic N) is 2. The van der Waals surface area contributed by atoms with Crippen molar-refractivity contribution >= 4 is 11.8 Å². The Hall–Kier alpha value is -4.11. The number of hydrogen-bond donors (Lipinski definition) is 0. The third-order valence-corrected chi connectivity index (χ3v) is 4.76. The van der Waals surface area contributed by atoms with Gasteiger partial charge in [-0.2, -0.15) is 5.26 Å². The van der Waals surface area contributed by atoms with Crippen LogP contribution in [0.25, 0.3) is 0 Å². The molecular weight excluding hydrogens is 380 g/mol. The lowest BCUT2D eigenvalue weighted by Gasteiger charge is -2.16. The number of carbonyl (C=O) groups excluding carboxylic acids is 2. The molecule has 3 aromatic carbocycles. The third kappa shape index (κ3) is 3.87. The molecule has 30 heavy (non-hydrogen) atoms. The minimum atomic E-state index is -0.328. The second-order valence-electron chi connectivity index (χ2n) is 6.70. The Balaban J connectivity index is 1.43. The largest absolute Gasteiger partial charge is 0.488 e. The Bertz CT molecular complexity index is 1100. The summed E-state index contributed by atoms with van der Waals surface area (Å²) in [4.78, 5) is 26.1. The van der Waals surface area contributed by atoms with Crippen molar-refractivity contribution in [3.8, 4) is 17.6 Å². The van der Waals surface area contributed by atoms with Gasteiger partial charge >= 0.3 is 0 Å². The Morgan fingerprint density at radius 2 is 1.47 bits per heavy atom. The van der Waals surface area contributed by atoms with Crippen LogP contribution < -0.4 is 9.47 Å². The van der Waals surface area contributed by atoms with E-state index in [1.54, 1.807) is 42.5 Å². The fourth-order valence-electron chi connectivity index (χ4n) is 3.23. The molecule has 0 atom stereocenters. The van der Waals surface area contributed by atoms with Crippen molar-refractivity contribution in [2.75, 3.05) is 13.2 Å². The molecule has 0 saturated carbocycles. The van der Waals surface area contributed by atoms with Gasteiger partial charge in [-0.3, -0.25) is 14.5 Å². The minimum Gasteiger partial charge on any atom is -0.488 e. The summed E-state index contributed by atoms with van der Waals surface area (Å²) in [6.07, 6.45) is 0. The number of fused-ring (bicyclic) bond motifs is 1. The van der Waals surface area contributed by atoms with Gasteiger partial charge in [0.1, 0.15) is 13.2 Å². The lowest BCUT2D eigenvalue weighted by Crippen LogP contribution is -2.33. The smallest absolute Gasteiger partial charge is 0.261 e. The number of ether oxygens (including phenoxy) is 2. The molecule has 1 aliphatic heterocycles. The van der Waals surface area contributed by atoms with Crippen LogP contribution in [0.5, 0.6) is 11.5 Å². The zero-order valence-electron chi connectivity index (χ0n) is 16.1. The summed E-state index contributed by atoms with van der Waals surface area (Å²) in [5, 5.41) is 9.18. The highest BCUT2D eigenvalue weighted by Crippen LogP contribution is 2.29. The second-order valence-corrected chi connectivity index (χ2v) is 6.70. The predicted molar refractivity (Wildman–Crippen MR) is 109 cm³/mol. The van der Waals surface area contributed by atoms with Gasteiger partial charge < -0.3 is 9.47 Å². The van der Waals surface area contributed by atoms with Crippen LogP contribution in [-0.4, -0.2) is 29.9 Å². The van der Waals surface area contributed by atoms with Crippen LogP contribution in [0.3, 0.4) is 0 Å². The third-order valence-electron chi connectivity index (χ3n) is 4.76. The molecule has 0 N–H and O–H groups in total. The molecule has 1 heterocycles. The van der Waals surface area contributed by atoms with Crippen molar-refractivity contribution in [1.29, 1.82) is 5.26 Å². The molecule has 6 nitrogen and oxygen atoms in total. The van der Waals surface area contributed by atoms with E-state index in [4.69, 9.17) is 9.47 Å². The van der Waals surface area contributed by atoms with Gasteiger partial charge in [0.2, 0.25) is 0 Å². The highest BCUT2D eigenvalue weighted by molar-refractivity contribution is 6.21. The molecule has 0 radical (unpaired) electrons. The average Bonchev–Trinajstić information content (AvgIpc) is 3.04. The zero-order chi connectivity index (χ0) is 20.9. The zero-order valence-corrected chi connectivity index (χ0v) is 16.1. The molecule has 0 bridgehead atoms. The topological polar surface area (TPSA) is 79.6 Å². The first-order valence-corrected chi connectivity index (χ1v) is 9.46. The van der Waals surface area contributed by atoms with Gasteiger partial charge in [-0.1, -0.05) is 42.5 Å². The maximum Gasteiger partial charge on any atom is 0.261 e. The summed E-state index contributed by atoms with van der Waals surface area (Å²) in [6, 6.07) is 23.4. The predicted octanol–water partition coefficient (Wildman–Crippen LogP) is 3.81. The van der Waals surface area contributed by atoms with E-state index in [0.717, 1.165) is 5.56 Å². The Labute approximate surface area is 173 Å². The summed E-state index contributed by atoms with van der Waals surface area (Å²) in [6.45, 7) is 0.533. The molecular formula is C24H18N2O4. The molecule has 1 aliphatic rings. The average molecular weight is 398 g/mol. The van der Waals surface area contributed by atoms with E-state index in [1.807, 2.05) is 30.3 Å². The molecule has 6 heteroatoms. The lowest BCUT2D eigenvalue weighted by atomic mass is 10.1. The summed E-state index contributed by atoms with van der Waals surface area (Å²) in [5.74, 6) is 0.220. The van der Waals surface area contributed by atoms with Crippen molar-refractivity contribution in [2.45, 2.75) is 6.61 Å². The fraction of sp³-hybridized carbons (Fsp3) is 0.125. The Kier molecular flexibility index (Phi) is 5.44. The quantitative estimate of drug-likeness (QED) is 0.566. The second kappa shape index (κ2) is 8.50. The number of rotatable bonds is 7. The first kappa shape index (κ1) is 19.2. The normalized spacial score (nSPS) is 12.4. The number of nitriles is 1. The number of amides is 2. The van der Waals surface area contributed by atoms with E-state index < -0.39 is 0 Å². The standard InChI is InChI=1S/C24H18N2O4/c25-15-18-10-11-21(30-16-17-6-2-1-3-7-17)22(14-18)29-13-12-26-23(27)19-8-4-5-9-20(19)24(26)28/h1-11,14H,12-13,16H2. The minimum absolute atomic E-state index is 0.0854. The lowest BCUT2D eigenvalue weighted by molar-refractivity contribution is 0.0630. The summed E-state index contributed by atoms with van der Waals surface area (Å²) < 4.78 is 11.7. The summed E-state index contributed by atoms with van der Waals surface area (Å²) >= 11 is 0. The molecule has 0 spiro atoms.